The van der Waals surface area contributed by atoms with E-state index in [1.165, 1.54) is 12.8 Å². The highest BCUT2D eigenvalue weighted by Gasteiger charge is 2.30. The molecular weight excluding hydrogens is 228 g/mol. The summed E-state index contributed by atoms with van der Waals surface area (Å²) in [6.07, 6.45) is 1.98. The molecule has 0 aliphatic heterocycles. The molecule has 0 heterocycles. The number of aliphatic hydroxyl groups excluding tert-OH is 1. The number of nitrogens with one attached hydrogen (secondary N) is 1. The highest BCUT2D eigenvalue weighted by atomic mass is 16.3. The Bertz CT molecular complexity index is 390. The van der Waals surface area contributed by atoms with Crippen molar-refractivity contribution >= 4 is 5.91 Å². The van der Waals surface area contributed by atoms with Crippen LogP contribution in [0.1, 0.15) is 24.8 Å². The van der Waals surface area contributed by atoms with Crippen LogP contribution in [-0.2, 0) is 11.3 Å². The van der Waals surface area contributed by atoms with Gasteiger partial charge in [-0.25, -0.2) is 0 Å². The first kappa shape index (κ1) is 13.1. The van der Waals surface area contributed by atoms with Crippen molar-refractivity contribution in [2.75, 3.05) is 0 Å². The van der Waals surface area contributed by atoms with E-state index in [1.807, 2.05) is 30.3 Å². The summed E-state index contributed by atoms with van der Waals surface area (Å²) in [5.74, 6) is 0.226. The topological polar surface area (TPSA) is 75.3 Å². The minimum atomic E-state index is -1.10. The molecule has 0 spiro atoms. The number of carbonyl (C=O) groups is 1. The van der Waals surface area contributed by atoms with Crippen LogP contribution in [0.2, 0.25) is 0 Å². The van der Waals surface area contributed by atoms with E-state index in [2.05, 4.69) is 5.32 Å². The summed E-state index contributed by atoms with van der Waals surface area (Å²) in [4.78, 5) is 11.7. The molecule has 1 aliphatic rings. The molecule has 2 rings (SSSR count). The Morgan fingerprint density at radius 2 is 2.06 bits per heavy atom. The average Bonchev–Trinajstić information content (AvgIpc) is 3.20. The molecule has 1 saturated carbocycles. The van der Waals surface area contributed by atoms with Crippen molar-refractivity contribution in [1.82, 2.24) is 5.32 Å². The van der Waals surface area contributed by atoms with Gasteiger partial charge < -0.3 is 16.2 Å². The van der Waals surface area contributed by atoms with E-state index in [9.17, 15) is 9.90 Å². The smallest absolute Gasteiger partial charge is 0.250 e. The SMILES string of the molecule is N[C@@H](CC1CC1)C(O)C(=O)NCc1ccccc1. The lowest BCUT2D eigenvalue weighted by atomic mass is 10.0. The highest BCUT2D eigenvalue weighted by molar-refractivity contribution is 5.81. The molecule has 0 bridgehead atoms. The van der Waals surface area contributed by atoms with Crippen LogP contribution >= 0.6 is 0 Å². The third kappa shape index (κ3) is 3.82. The van der Waals surface area contributed by atoms with Crippen molar-refractivity contribution in [3.63, 3.8) is 0 Å². The van der Waals surface area contributed by atoms with Crippen molar-refractivity contribution in [2.24, 2.45) is 11.7 Å². The molecule has 1 unspecified atom stereocenters. The van der Waals surface area contributed by atoms with E-state index in [1.54, 1.807) is 0 Å². The Hall–Kier alpha value is -1.39. The van der Waals surface area contributed by atoms with E-state index in [0.29, 0.717) is 12.5 Å². The molecule has 1 aliphatic carbocycles. The van der Waals surface area contributed by atoms with Crippen molar-refractivity contribution < 1.29 is 9.90 Å². The van der Waals surface area contributed by atoms with Crippen molar-refractivity contribution in [3.05, 3.63) is 35.9 Å². The van der Waals surface area contributed by atoms with Gasteiger partial charge in [-0.05, 0) is 17.9 Å². The lowest BCUT2D eigenvalue weighted by molar-refractivity contribution is -0.130. The number of benzene rings is 1. The standard InChI is InChI=1S/C14H20N2O2/c15-12(8-10-6-7-10)13(17)14(18)16-9-11-4-2-1-3-5-11/h1-5,10,12-13,17H,6-9,15H2,(H,16,18)/t12-,13?/m0/s1. The van der Waals surface area contributed by atoms with Crippen LogP contribution in [-0.4, -0.2) is 23.2 Å². The predicted octanol–water partition coefficient (Wildman–Crippen LogP) is 0.791. The fourth-order valence-electron chi connectivity index (χ4n) is 1.95. The maximum atomic E-state index is 11.7. The molecule has 0 saturated heterocycles. The Morgan fingerprint density at radius 3 is 2.67 bits per heavy atom. The summed E-state index contributed by atoms with van der Waals surface area (Å²) >= 11 is 0. The maximum Gasteiger partial charge on any atom is 0.250 e. The Balaban J connectivity index is 1.76. The molecule has 4 nitrogen and oxygen atoms in total. The Labute approximate surface area is 107 Å². The van der Waals surface area contributed by atoms with Gasteiger partial charge in [0, 0.05) is 12.6 Å². The highest BCUT2D eigenvalue weighted by Crippen LogP contribution is 2.33. The number of amides is 1. The van der Waals surface area contributed by atoms with Gasteiger partial charge in [0.15, 0.2) is 0 Å². The molecule has 1 amide bonds. The Morgan fingerprint density at radius 1 is 1.39 bits per heavy atom. The van der Waals surface area contributed by atoms with Crippen molar-refractivity contribution in [3.8, 4) is 0 Å². The molecule has 0 radical (unpaired) electrons. The number of carbonyl (C=O) groups excluding carboxylic acids is 1. The quantitative estimate of drug-likeness (QED) is 0.696. The van der Waals surface area contributed by atoms with E-state index in [4.69, 9.17) is 5.73 Å². The van der Waals surface area contributed by atoms with Crippen LogP contribution < -0.4 is 11.1 Å². The third-order valence-electron chi connectivity index (χ3n) is 3.29. The van der Waals surface area contributed by atoms with Gasteiger partial charge in [0.05, 0.1) is 0 Å². The Kier molecular flexibility index (Phi) is 4.33. The molecule has 98 valence electrons. The second kappa shape index (κ2) is 5.98. The summed E-state index contributed by atoms with van der Waals surface area (Å²) in [6, 6.07) is 9.15. The van der Waals surface area contributed by atoms with Crippen molar-refractivity contribution in [2.45, 2.75) is 38.0 Å². The van der Waals surface area contributed by atoms with Crippen molar-refractivity contribution in [1.29, 1.82) is 0 Å². The summed E-state index contributed by atoms with van der Waals surface area (Å²) < 4.78 is 0. The minimum Gasteiger partial charge on any atom is -0.382 e. The fourth-order valence-corrected chi connectivity index (χ4v) is 1.95. The summed E-state index contributed by atoms with van der Waals surface area (Å²) in [5, 5.41) is 12.5. The van der Waals surface area contributed by atoms with Gasteiger partial charge in [-0.3, -0.25) is 4.79 Å². The second-order valence-electron chi connectivity index (χ2n) is 4.99. The summed E-state index contributed by atoms with van der Waals surface area (Å²) in [6.45, 7) is 0.423. The third-order valence-corrected chi connectivity index (χ3v) is 3.29. The van der Waals surface area contributed by atoms with Gasteiger partial charge in [-0.1, -0.05) is 43.2 Å². The van der Waals surface area contributed by atoms with E-state index in [0.717, 1.165) is 12.0 Å². The number of hydrogen-bond donors (Lipinski definition) is 3. The molecule has 0 aromatic heterocycles. The van der Waals surface area contributed by atoms with Gasteiger partial charge in [-0.2, -0.15) is 0 Å². The van der Waals surface area contributed by atoms with Gasteiger partial charge in [0.2, 0.25) is 0 Å². The molecule has 18 heavy (non-hydrogen) atoms. The zero-order valence-corrected chi connectivity index (χ0v) is 10.4. The van der Waals surface area contributed by atoms with Crippen LogP contribution in [0.3, 0.4) is 0 Å². The number of nitrogens with two attached hydrogens (primary N) is 1. The largest absolute Gasteiger partial charge is 0.382 e. The van der Waals surface area contributed by atoms with Gasteiger partial charge in [0.25, 0.3) is 5.91 Å². The van der Waals surface area contributed by atoms with Gasteiger partial charge >= 0.3 is 0 Å². The van der Waals surface area contributed by atoms with Crippen LogP contribution in [0.15, 0.2) is 30.3 Å². The van der Waals surface area contributed by atoms with Gasteiger partial charge in [-0.15, -0.1) is 0 Å². The normalized spacial score (nSPS) is 18.1. The van der Waals surface area contributed by atoms with E-state index < -0.39 is 12.1 Å². The predicted molar refractivity (Wildman–Crippen MR) is 69.6 cm³/mol. The second-order valence-corrected chi connectivity index (χ2v) is 4.99. The number of hydrogen-bond acceptors (Lipinski definition) is 3. The maximum absolute atomic E-state index is 11.7. The average molecular weight is 248 g/mol. The number of rotatable bonds is 6. The van der Waals surface area contributed by atoms with Crippen LogP contribution in [0.5, 0.6) is 0 Å². The summed E-state index contributed by atoms with van der Waals surface area (Å²) in [5.41, 5.74) is 6.83. The molecule has 2 atom stereocenters. The van der Waals surface area contributed by atoms with E-state index >= 15 is 0 Å². The molecule has 4 N–H and O–H groups in total. The molecule has 1 fully saturated rings. The monoisotopic (exact) mass is 248 g/mol. The molecule has 1 aromatic carbocycles. The first-order chi connectivity index (χ1) is 8.66. The first-order valence-electron chi connectivity index (χ1n) is 6.42. The minimum absolute atomic E-state index is 0.382. The summed E-state index contributed by atoms with van der Waals surface area (Å²) in [7, 11) is 0. The molecule has 1 aromatic rings. The van der Waals surface area contributed by atoms with Crippen LogP contribution in [0.25, 0.3) is 0 Å². The molecular formula is C14H20N2O2. The number of aliphatic hydroxyl groups is 1. The zero-order valence-electron chi connectivity index (χ0n) is 10.4. The van der Waals surface area contributed by atoms with E-state index in [-0.39, 0.29) is 5.91 Å². The fraction of sp³-hybridized carbons (Fsp3) is 0.500. The van der Waals surface area contributed by atoms with Crippen LogP contribution in [0, 0.1) is 5.92 Å². The lowest BCUT2D eigenvalue weighted by Gasteiger charge is -2.18. The van der Waals surface area contributed by atoms with Crippen LogP contribution in [0.4, 0.5) is 0 Å². The molecule has 4 heteroatoms. The van der Waals surface area contributed by atoms with Gasteiger partial charge in [0.1, 0.15) is 6.10 Å². The zero-order chi connectivity index (χ0) is 13.0. The first-order valence-corrected chi connectivity index (χ1v) is 6.42. The lowest BCUT2D eigenvalue weighted by Crippen LogP contribution is -2.46.